The number of benzene rings is 1. The summed E-state index contributed by atoms with van der Waals surface area (Å²) in [6.07, 6.45) is 3.82. The number of nitrogens with zero attached hydrogens (tertiary/aromatic N) is 2. The second-order valence-corrected chi connectivity index (χ2v) is 6.35. The van der Waals surface area contributed by atoms with Crippen LogP contribution in [0.1, 0.15) is 37.7 Å². The van der Waals surface area contributed by atoms with Gasteiger partial charge in [-0.15, -0.1) is 0 Å². The predicted molar refractivity (Wildman–Crippen MR) is 77.1 cm³/mol. The molecule has 0 N–H and O–H groups in total. The number of para-hydroxylation sites is 1. The van der Waals surface area contributed by atoms with Crippen LogP contribution in [0.5, 0.6) is 0 Å². The number of hydrogen-bond donors (Lipinski definition) is 0. The van der Waals surface area contributed by atoms with Gasteiger partial charge in [-0.3, -0.25) is 0 Å². The monoisotopic (exact) mass is 256 g/mol. The molecule has 18 heavy (non-hydrogen) atoms. The van der Waals surface area contributed by atoms with E-state index in [2.05, 4.69) is 36.1 Å². The van der Waals surface area contributed by atoms with Crippen LogP contribution in [0.2, 0.25) is 0 Å². The summed E-state index contributed by atoms with van der Waals surface area (Å²) < 4.78 is 0. The largest absolute Gasteiger partial charge is 0.323 e. The lowest BCUT2D eigenvalue weighted by Crippen LogP contribution is -2.26. The zero-order valence-electron chi connectivity index (χ0n) is 10.5. The van der Waals surface area contributed by atoms with Crippen molar-refractivity contribution in [2.24, 2.45) is 4.99 Å². The minimum atomic E-state index is 0.551. The molecule has 0 amide bonds. The van der Waals surface area contributed by atoms with E-state index in [0.29, 0.717) is 5.92 Å². The van der Waals surface area contributed by atoms with Gasteiger partial charge >= 0.3 is 0 Å². The summed E-state index contributed by atoms with van der Waals surface area (Å²) in [4.78, 5) is 8.94. The molecule has 2 heterocycles. The van der Waals surface area contributed by atoms with E-state index in [1.165, 1.54) is 30.0 Å². The summed E-state index contributed by atoms with van der Waals surface area (Å²) in [6.45, 7) is 3.40. The van der Waals surface area contributed by atoms with Crippen LogP contribution >= 0.6 is 11.8 Å². The van der Waals surface area contributed by atoms with Gasteiger partial charge in [0.25, 0.3) is 0 Å². The average Bonchev–Trinajstić information content (AvgIpc) is 2.90. The number of aliphatic imine (C=N–C) groups is 1. The summed E-state index contributed by atoms with van der Waals surface area (Å²) in [6, 6.07) is 8.58. The third-order valence-corrected chi connectivity index (χ3v) is 5.23. The molecule has 0 radical (unpaired) electrons. The highest BCUT2D eigenvalue weighted by Crippen LogP contribution is 2.47. The van der Waals surface area contributed by atoms with Gasteiger partial charge < -0.3 is 4.90 Å². The molecule has 0 fully saturated rings. The van der Waals surface area contributed by atoms with Crippen molar-refractivity contribution in [3.05, 3.63) is 40.4 Å². The van der Waals surface area contributed by atoms with Gasteiger partial charge in [-0.2, -0.15) is 0 Å². The maximum absolute atomic E-state index is 4.90. The predicted octanol–water partition coefficient (Wildman–Crippen LogP) is 4.24. The quantitative estimate of drug-likeness (QED) is 0.690. The molecule has 0 spiro atoms. The van der Waals surface area contributed by atoms with Crippen molar-refractivity contribution in [1.82, 2.24) is 4.90 Å². The van der Waals surface area contributed by atoms with Crippen molar-refractivity contribution >= 4 is 22.6 Å². The average molecular weight is 256 g/mol. The molecule has 1 atom stereocenters. The SMILES string of the molecule is CC1CN2C(=Nc3ccccc31)SC1=C2CCC1. The second-order valence-electron chi connectivity index (χ2n) is 5.29. The van der Waals surface area contributed by atoms with E-state index in [0.717, 1.165) is 12.2 Å². The van der Waals surface area contributed by atoms with Crippen LogP contribution in [-0.4, -0.2) is 16.6 Å². The third-order valence-electron chi connectivity index (χ3n) is 4.05. The minimum Gasteiger partial charge on any atom is -0.323 e. The van der Waals surface area contributed by atoms with Crippen LogP contribution in [0.4, 0.5) is 5.69 Å². The second kappa shape index (κ2) is 3.89. The molecule has 1 aromatic rings. The number of fused-ring (bicyclic) bond motifs is 3. The fourth-order valence-electron chi connectivity index (χ4n) is 3.13. The maximum Gasteiger partial charge on any atom is 0.173 e. The van der Waals surface area contributed by atoms with Gasteiger partial charge in [-0.1, -0.05) is 36.9 Å². The van der Waals surface area contributed by atoms with Crippen LogP contribution in [0.3, 0.4) is 0 Å². The molecule has 0 aromatic heterocycles. The van der Waals surface area contributed by atoms with Gasteiger partial charge in [-0.25, -0.2) is 4.99 Å². The van der Waals surface area contributed by atoms with E-state index in [9.17, 15) is 0 Å². The van der Waals surface area contributed by atoms with Gasteiger partial charge in [0, 0.05) is 23.1 Å². The minimum absolute atomic E-state index is 0.551. The van der Waals surface area contributed by atoms with Crippen LogP contribution in [-0.2, 0) is 0 Å². The summed E-state index contributed by atoms with van der Waals surface area (Å²) in [5.41, 5.74) is 4.11. The standard InChI is InChI=1S/C15H16N2S/c1-10-9-17-13-7-4-8-14(13)18-15(17)16-12-6-3-2-5-11(10)12/h2-3,5-6,10H,4,7-9H2,1H3. The molecule has 1 aromatic carbocycles. The van der Waals surface area contributed by atoms with E-state index in [1.54, 1.807) is 10.6 Å². The smallest absolute Gasteiger partial charge is 0.173 e. The highest BCUT2D eigenvalue weighted by Gasteiger charge is 2.35. The Hall–Kier alpha value is -1.22. The Bertz CT molecular complexity index is 574. The molecule has 1 unspecified atom stereocenters. The molecule has 1 aliphatic carbocycles. The van der Waals surface area contributed by atoms with Crippen molar-refractivity contribution in [1.29, 1.82) is 0 Å². The lowest BCUT2D eigenvalue weighted by molar-refractivity contribution is 0.475. The van der Waals surface area contributed by atoms with Crippen molar-refractivity contribution in [2.45, 2.75) is 32.1 Å². The van der Waals surface area contributed by atoms with Crippen LogP contribution in [0, 0.1) is 0 Å². The summed E-state index contributed by atoms with van der Waals surface area (Å²) in [5.74, 6) is 0.551. The van der Waals surface area contributed by atoms with E-state index < -0.39 is 0 Å². The molecular formula is C15H16N2S. The van der Waals surface area contributed by atoms with Crippen molar-refractivity contribution < 1.29 is 0 Å². The Balaban J connectivity index is 1.81. The fraction of sp³-hybridized carbons (Fsp3) is 0.400. The Kier molecular flexibility index (Phi) is 2.31. The molecule has 3 aliphatic rings. The first kappa shape index (κ1) is 10.7. The van der Waals surface area contributed by atoms with Gasteiger partial charge in [0.15, 0.2) is 5.17 Å². The van der Waals surface area contributed by atoms with Gasteiger partial charge in [0.2, 0.25) is 0 Å². The van der Waals surface area contributed by atoms with Crippen molar-refractivity contribution in [3.63, 3.8) is 0 Å². The van der Waals surface area contributed by atoms with Crippen LogP contribution < -0.4 is 0 Å². The molecular weight excluding hydrogens is 240 g/mol. The number of hydrogen-bond acceptors (Lipinski definition) is 3. The fourth-order valence-corrected chi connectivity index (χ4v) is 4.36. The first-order chi connectivity index (χ1) is 8.83. The number of allylic oxidation sites excluding steroid dienone is 2. The number of thioether (sulfide) groups is 1. The topological polar surface area (TPSA) is 15.6 Å². The Morgan fingerprint density at radius 3 is 3.11 bits per heavy atom. The molecule has 4 rings (SSSR count). The first-order valence-corrected chi connectivity index (χ1v) is 7.49. The third kappa shape index (κ3) is 1.46. The first-order valence-electron chi connectivity index (χ1n) is 6.68. The molecule has 0 bridgehead atoms. The van der Waals surface area contributed by atoms with Gasteiger partial charge in [-0.05, 0) is 30.9 Å². The number of amidine groups is 1. The normalized spacial score (nSPS) is 25.5. The maximum atomic E-state index is 4.90. The Morgan fingerprint density at radius 2 is 2.17 bits per heavy atom. The summed E-state index contributed by atoms with van der Waals surface area (Å²) >= 11 is 1.90. The van der Waals surface area contributed by atoms with Gasteiger partial charge in [0.1, 0.15) is 0 Å². The molecule has 0 saturated heterocycles. The van der Waals surface area contributed by atoms with E-state index in [-0.39, 0.29) is 0 Å². The van der Waals surface area contributed by atoms with Crippen molar-refractivity contribution in [3.8, 4) is 0 Å². The zero-order valence-corrected chi connectivity index (χ0v) is 11.3. The highest BCUT2D eigenvalue weighted by molar-refractivity contribution is 8.17. The molecule has 2 nitrogen and oxygen atoms in total. The lowest BCUT2D eigenvalue weighted by Gasteiger charge is -2.23. The molecule has 2 aliphatic heterocycles. The highest BCUT2D eigenvalue weighted by atomic mass is 32.2. The zero-order chi connectivity index (χ0) is 12.1. The number of rotatable bonds is 0. The molecule has 3 heteroatoms. The van der Waals surface area contributed by atoms with E-state index in [1.807, 2.05) is 11.8 Å². The summed E-state index contributed by atoms with van der Waals surface area (Å²) in [5, 5.41) is 1.21. The molecule has 92 valence electrons. The van der Waals surface area contributed by atoms with Crippen LogP contribution in [0.15, 0.2) is 39.9 Å². The Morgan fingerprint density at radius 1 is 1.28 bits per heavy atom. The Labute approximate surface area is 112 Å². The lowest BCUT2D eigenvalue weighted by atomic mass is 9.99. The molecule has 0 saturated carbocycles. The van der Waals surface area contributed by atoms with Crippen LogP contribution in [0.25, 0.3) is 0 Å². The van der Waals surface area contributed by atoms with Gasteiger partial charge in [0.05, 0.1) is 5.69 Å². The van der Waals surface area contributed by atoms with Crippen molar-refractivity contribution in [2.75, 3.05) is 6.54 Å². The summed E-state index contributed by atoms with van der Waals surface area (Å²) in [7, 11) is 0. The van der Waals surface area contributed by atoms with E-state index in [4.69, 9.17) is 4.99 Å². The van der Waals surface area contributed by atoms with E-state index >= 15 is 0 Å².